The molecule has 0 amide bonds. The minimum atomic E-state index is 0.0125. The summed E-state index contributed by atoms with van der Waals surface area (Å²) in [5.41, 5.74) is 4.03. The van der Waals surface area contributed by atoms with Crippen LogP contribution in [0.25, 0.3) is 10.9 Å². The van der Waals surface area contributed by atoms with Crippen LogP contribution < -0.4 is 4.74 Å². The summed E-state index contributed by atoms with van der Waals surface area (Å²) in [4.78, 5) is 3.22. The average Bonchev–Trinajstić information content (AvgIpc) is 2.83. The zero-order valence-corrected chi connectivity index (χ0v) is 11.4. The lowest BCUT2D eigenvalue weighted by molar-refractivity contribution is 0.277. The number of ether oxygens (including phenoxy) is 1. The fraction of sp³-hybridized carbons (Fsp3) is 0.176. The fourth-order valence-electron chi connectivity index (χ4n) is 2.44. The Kier molecular flexibility index (Phi) is 3.44. The van der Waals surface area contributed by atoms with Gasteiger partial charge in [-0.2, -0.15) is 0 Å². The lowest BCUT2D eigenvalue weighted by atomic mass is 10.1. The summed E-state index contributed by atoms with van der Waals surface area (Å²) in [5.74, 6) is 0.847. The van der Waals surface area contributed by atoms with Crippen LogP contribution >= 0.6 is 0 Å². The third-order valence-electron chi connectivity index (χ3n) is 3.53. The molecular weight excluding hydrogens is 250 g/mol. The molecule has 0 unspecified atom stereocenters. The molecule has 0 fully saturated rings. The summed E-state index contributed by atoms with van der Waals surface area (Å²) in [5, 5.41) is 10.4. The molecule has 0 atom stereocenters. The third kappa shape index (κ3) is 2.28. The first-order valence-corrected chi connectivity index (χ1v) is 6.67. The van der Waals surface area contributed by atoms with Crippen LogP contribution in [-0.4, -0.2) is 10.1 Å². The number of benzene rings is 2. The first-order chi connectivity index (χ1) is 9.79. The predicted molar refractivity (Wildman–Crippen MR) is 79.7 cm³/mol. The van der Waals surface area contributed by atoms with Gasteiger partial charge < -0.3 is 14.8 Å². The summed E-state index contributed by atoms with van der Waals surface area (Å²) in [7, 11) is 0. The number of H-pyrrole nitrogens is 1. The molecule has 3 aromatic rings. The van der Waals surface area contributed by atoms with E-state index in [1.807, 2.05) is 55.5 Å². The number of nitrogens with one attached hydrogen (secondary N) is 1. The first kappa shape index (κ1) is 12.8. The van der Waals surface area contributed by atoms with Crippen molar-refractivity contribution < 1.29 is 9.84 Å². The lowest BCUT2D eigenvalue weighted by Crippen LogP contribution is -1.95. The summed E-state index contributed by atoms with van der Waals surface area (Å²) < 4.78 is 5.94. The molecule has 3 rings (SSSR count). The van der Waals surface area contributed by atoms with Gasteiger partial charge in [-0.15, -0.1) is 0 Å². The van der Waals surface area contributed by atoms with Gasteiger partial charge in [0.25, 0.3) is 0 Å². The number of hydrogen-bond donors (Lipinski definition) is 2. The highest BCUT2D eigenvalue weighted by molar-refractivity contribution is 5.90. The second-order valence-electron chi connectivity index (χ2n) is 4.84. The van der Waals surface area contributed by atoms with Gasteiger partial charge in [-0.3, -0.25) is 0 Å². The number of fused-ring (bicyclic) bond motifs is 1. The van der Waals surface area contributed by atoms with Crippen molar-refractivity contribution in [3.8, 4) is 5.75 Å². The van der Waals surface area contributed by atoms with Gasteiger partial charge in [-0.1, -0.05) is 36.4 Å². The molecule has 0 saturated carbocycles. The highest BCUT2D eigenvalue weighted by Gasteiger charge is 2.11. The molecule has 2 aromatic carbocycles. The van der Waals surface area contributed by atoms with Gasteiger partial charge in [0.05, 0.1) is 6.61 Å². The topological polar surface area (TPSA) is 45.2 Å². The van der Waals surface area contributed by atoms with Crippen molar-refractivity contribution in [2.75, 3.05) is 0 Å². The Morgan fingerprint density at radius 2 is 1.85 bits per heavy atom. The summed E-state index contributed by atoms with van der Waals surface area (Å²) in [6, 6.07) is 16.0. The van der Waals surface area contributed by atoms with Gasteiger partial charge in [0, 0.05) is 16.6 Å². The molecule has 0 aliphatic rings. The van der Waals surface area contributed by atoms with E-state index >= 15 is 0 Å². The van der Waals surface area contributed by atoms with E-state index in [9.17, 15) is 5.11 Å². The number of aromatic nitrogens is 1. The highest BCUT2D eigenvalue weighted by Crippen LogP contribution is 2.31. The Morgan fingerprint density at radius 1 is 1.05 bits per heavy atom. The molecule has 0 radical (unpaired) electrons. The number of hydrogen-bond acceptors (Lipinski definition) is 2. The van der Waals surface area contributed by atoms with E-state index in [1.165, 1.54) is 0 Å². The van der Waals surface area contributed by atoms with Gasteiger partial charge in [-0.05, 0) is 30.2 Å². The Morgan fingerprint density at radius 3 is 2.60 bits per heavy atom. The molecule has 0 aliphatic heterocycles. The highest BCUT2D eigenvalue weighted by atomic mass is 16.5. The van der Waals surface area contributed by atoms with Crippen LogP contribution in [0, 0.1) is 6.92 Å². The second-order valence-corrected chi connectivity index (χ2v) is 4.84. The van der Waals surface area contributed by atoms with Crippen molar-refractivity contribution >= 4 is 10.9 Å². The van der Waals surface area contributed by atoms with Gasteiger partial charge in [0.15, 0.2) is 0 Å². The van der Waals surface area contributed by atoms with Crippen molar-refractivity contribution in [1.82, 2.24) is 4.98 Å². The Hall–Kier alpha value is -2.26. The molecule has 2 N–H and O–H groups in total. The number of rotatable bonds is 4. The van der Waals surface area contributed by atoms with E-state index < -0.39 is 0 Å². The van der Waals surface area contributed by atoms with Gasteiger partial charge in [-0.25, -0.2) is 0 Å². The van der Waals surface area contributed by atoms with Crippen molar-refractivity contribution in [1.29, 1.82) is 0 Å². The van der Waals surface area contributed by atoms with E-state index in [0.717, 1.165) is 33.5 Å². The first-order valence-electron chi connectivity index (χ1n) is 6.67. The van der Waals surface area contributed by atoms with Crippen LogP contribution in [0.5, 0.6) is 5.75 Å². The molecule has 1 heterocycles. The van der Waals surface area contributed by atoms with Gasteiger partial charge in [0.1, 0.15) is 12.4 Å². The van der Waals surface area contributed by atoms with Crippen molar-refractivity contribution in [2.45, 2.75) is 20.1 Å². The zero-order chi connectivity index (χ0) is 13.9. The molecular formula is C17H17NO2. The maximum Gasteiger partial charge on any atom is 0.129 e. The molecule has 0 spiro atoms. The van der Waals surface area contributed by atoms with Crippen LogP contribution in [0.4, 0.5) is 0 Å². The van der Waals surface area contributed by atoms with E-state index in [2.05, 4.69) is 4.98 Å². The third-order valence-corrected chi connectivity index (χ3v) is 3.53. The van der Waals surface area contributed by atoms with E-state index in [4.69, 9.17) is 4.74 Å². The molecule has 0 saturated heterocycles. The van der Waals surface area contributed by atoms with Crippen molar-refractivity contribution in [3.63, 3.8) is 0 Å². The number of aromatic amines is 1. The monoisotopic (exact) mass is 267 g/mol. The maximum atomic E-state index is 9.35. The number of aryl methyl sites for hydroxylation is 1. The van der Waals surface area contributed by atoms with E-state index in [0.29, 0.717) is 6.61 Å². The smallest absolute Gasteiger partial charge is 0.129 e. The van der Waals surface area contributed by atoms with Crippen LogP contribution in [-0.2, 0) is 13.2 Å². The van der Waals surface area contributed by atoms with Gasteiger partial charge >= 0.3 is 0 Å². The molecule has 3 heteroatoms. The summed E-state index contributed by atoms with van der Waals surface area (Å²) in [6.45, 7) is 2.55. The molecule has 0 bridgehead atoms. The zero-order valence-electron chi connectivity index (χ0n) is 11.4. The number of aliphatic hydroxyl groups is 1. The average molecular weight is 267 g/mol. The molecule has 3 nitrogen and oxygen atoms in total. The quantitative estimate of drug-likeness (QED) is 0.759. The SMILES string of the molecule is Cc1c(CO)[nH]c2cccc(OCc3ccccc3)c12. The largest absolute Gasteiger partial charge is 0.488 e. The van der Waals surface area contributed by atoms with Crippen LogP contribution in [0.1, 0.15) is 16.8 Å². The summed E-state index contributed by atoms with van der Waals surface area (Å²) >= 11 is 0. The number of aliphatic hydroxyl groups excluding tert-OH is 1. The van der Waals surface area contributed by atoms with Crippen LogP contribution in [0.3, 0.4) is 0 Å². The Bertz CT molecular complexity index is 716. The molecule has 0 aliphatic carbocycles. The standard InChI is InChI=1S/C17H17NO2/c1-12-15(10-19)18-14-8-5-9-16(17(12)14)20-11-13-6-3-2-4-7-13/h2-9,18-19H,10-11H2,1H3. The second kappa shape index (κ2) is 5.39. The lowest BCUT2D eigenvalue weighted by Gasteiger charge is -2.08. The minimum absolute atomic E-state index is 0.0125. The van der Waals surface area contributed by atoms with Gasteiger partial charge in [0.2, 0.25) is 0 Å². The normalized spacial score (nSPS) is 10.9. The fourth-order valence-corrected chi connectivity index (χ4v) is 2.44. The van der Waals surface area contributed by atoms with Crippen LogP contribution in [0.2, 0.25) is 0 Å². The molecule has 102 valence electrons. The Labute approximate surface area is 117 Å². The van der Waals surface area contributed by atoms with E-state index in [-0.39, 0.29) is 6.61 Å². The molecule has 1 aromatic heterocycles. The summed E-state index contributed by atoms with van der Waals surface area (Å²) in [6.07, 6.45) is 0. The molecule has 20 heavy (non-hydrogen) atoms. The van der Waals surface area contributed by atoms with Crippen molar-refractivity contribution in [2.24, 2.45) is 0 Å². The minimum Gasteiger partial charge on any atom is -0.488 e. The van der Waals surface area contributed by atoms with E-state index in [1.54, 1.807) is 0 Å². The van der Waals surface area contributed by atoms with Crippen LogP contribution in [0.15, 0.2) is 48.5 Å². The predicted octanol–water partition coefficient (Wildman–Crippen LogP) is 3.55. The Balaban J connectivity index is 1.93. The maximum absolute atomic E-state index is 9.35. The van der Waals surface area contributed by atoms with Crippen molar-refractivity contribution in [3.05, 3.63) is 65.4 Å².